The number of carbonyl (C=O) groups excluding carboxylic acids is 1. The summed E-state index contributed by atoms with van der Waals surface area (Å²) in [6.07, 6.45) is 3.80. The van der Waals surface area contributed by atoms with Gasteiger partial charge in [0, 0.05) is 25.2 Å². The molecule has 1 aromatic rings. The maximum Gasteiger partial charge on any atom is 0.251 e. The molecular weight excluding hydrogens is 340 g/mol. The number of benzene rings is 1. The van der Waals surface area contributed by atoms with Gasteiger partial charge in [-0.1, -0.05) is 26.7 Å². The SMILES string of the molecule is COc1ccc(C(=O)NCC(C)C)cc1S(=O)(=O)N1CCCCCC1. The quantitative estimate of drug-likeness (QED) is 0.837. The predicted octanol–water partition coefficient (Wildman–Crippen LogP) is 2.65. The van der Waals surface area contributed by atoms with Gasteiger partial charge in [0.15, 0.2) is 0 Å². The molecule has 0 aliphatic carbocycles. The normalized spacial score (nSPS) is 16.5. The fourth-order valence-electron chi connectivity index (χ4n) is 2.84. The van der Waals surface area contributed by atoms with Crippen molar-refractivity contribution in [2.75, 3.05) is 26.7 Å². The highest BCUT2D eigenvalue weighted by Gasteiger charge is 2.29. The Morgan fingerprint density at radius 2 is 1.84 bits per heavy atom. The van der Waals surface area contributed by atoms with Crippen LogP contribution in [-0.4, -0.2) is 45.4 Å². The summed E-state index contributed by atoms with van der Waals surface area (Å²) in [5, 5.41) is 2.82. The molecule has 1 aromatic carbocycles. The Balaban J connectivity index is 2.34. The Morgan fingerprint density at radius 1 is 1.20 bits per heavy atom. The van der Waals surface area contributed by atoms with Crippen LogP contribution in [0.1, 0.15) is 49.9 Å². The van der Waals surface area contributed by atoms with Crippen LogP contribution >= 0.6 is 0 Å². The highest BCUT2D eigenvalue weighted by Crippen LogP contribution is 2.29. The lowest BCUT2D eigenvalue weighted by molar-refractivity contribution is 0.0948. The van der Waals surface area contributed by atoms with E-state index in [1.54, 1.807) is 12.1 Å². The van der Waals surface area contributed by atoms with E-state index in [9.17, 15) is 13.2 Å². The van der Waals surface area contributed by atoms with Crippen molar-refractivity contribution < 1.29 is 17.9 Å². The summed E-state index contributed by atoms with van der Waals surface area (Å²) in [4.78, 5) is 12.4. The molecule has 25 heavy (non-hydrogen) atoms. The minimum absolute atomic E-state index is 0.0640. The van der Waals surface area contributed by atoms with Crippen molar-refractivity contribution in [2.45, 2.75) is 44.4 Å². The molecule has 6 nitrogen and oxygen atoms in total. The van der Waals surface area contributed by atoms with Gasteiger partial charge in [-0.15, -0.1) is 0 Å². The van der Waals surface area contributed by atoms with Gasteiger partial charge in [0.25, 0.3) is 5.91 Å². The Hall–Kier alpha value is -1.60. The third kappa shape index (κ3) is 4.95. The largest absolute Gasteiger partial charge is 0.495 e. The van der Waals surface area contributed by atoms with E-state index < -0.39 is 10.0 Å². The van der Waals surface area contributed by atoms with Crippen molar-refractivity contribution in [1.82, 2.24) is 9.62 Å². The molecule has 1 N–H and O–H groups in total. The van der Waals surface area contributed by atoms with Crippen LogP contribution in [0.5, 0.6) is 5.75 Å². The smallest absolute Gasteiger partial charge is 0.251 e. The van der Waals surface area contributed by atoms with Crippen LogP contribution in [0.4, 0.5) is 0 Å². The van der Waals surface area contributed by atoms with Crippen molar-refractivity contribution in [3.63, 3.8) is 0 Å². The van der Waals surface area contributed by atoms with Gasteiger partial charge < -0.3 is 10.1 Å². The number of amides is 1. The molecule has 1 heterocycles. The molecule has 140 valence electrons. The highest BCUT2D eigenvalue weighted by molar-refractivity contribution is 7.89. The zero-order chi connectivity index (χ0) is 18.4. The maximum absolute atomic E-state index is 13.1. The molecule has 0 unspecified atom stereocenters. The van der Waals surface area contributed by atoms with E-state index in [1.807, 2.05) is 13.8 Å². The van der Waals surface area contributed by atoms with Gasteiger partial charge in [0.05, 0.1) is 7.11 Å². The molecular formula is C18H28N2O4S. The van der Waals surface area contributed by atoms with E-state index >= 15 is 0 Å². The summed E-state index contributed by atoms with van der Waals surface area (Å²) in [6.45, 7) is 5.57. The second kappa shape index (κ2) is 8.67. The van der Waals surface area contributed by atoms with Gasteiger partial charge in [-0.05, 0) is 37.0 Å². The van der Waals surface area contributed by atoms with E-state index in [0.29, 0.717) is 31.1 Å². The molecule has 0 radical (unpaired) electrons. The van der Waals surface area contributed by atoms with Gasteiger partial charge >= 0.3 is 0 Å². The fourth-order valence-corrected chi connectivity index (χ4v) is 4.54. The van der Waals surface area contributed by atoms with Crippen LogP contribution in [0.2, 0.25) is 0 Å². The molecule has 1 amide bonds. The summed E-state index contributed by atoms with van der Waals surface area (Å²) in [5.41, 5.74) is 0.329. The second-order valence-electron chi connectivity index (χ2n) is 6.79. The Bertz CT molecular complexity index is 693. The first kappa shape index (κ1) is 19.7. The van der Waals surface area contributed by atoms with Crippen LogP contribution in [-0.2, 0) is 10.0 Å². The lowest BCUT2D eigenvalue weighted by Crippen LogP contribution is -2.32. The Labute approximate surface area is 150 Å². The van der Waals surface area contributed by atoms with E-state index in [0.717, 1.165) is 25.7 Å². The van der Waals surface area contributed by atoms with E-state index in [1.165, 1.54) is 17.5 Å². The van der Waals surface area contributed by atoms with Crippen LogP contribution < -0.4 is 10.1 Å². The molecule has 0 spiro atoms. The van der Waals surface area contributed by atoms with Gasteiger partial charge in [-0.2, -0.15) is 4.31 Å². The van der Waals surface area contributed by atoms with E-state index in [4.69, 9.17) is 4.74 Å². The zero-order valence-corrected chi connectivity index (χ0v) is 16.1. The van der Waals surface area contributed by atoms with Gasteiger partial charge in [0.1, 0.15) is 10.6 Å². The van der Waals surface area contributed by atoms with Gasteiger partial charge in [0.2, 0.25) is 10.0 Å². The highest BCUT2D eigenvalue weighted by atomic mass is 32.2. The van der Waals surface area contributed by atoms with Gasteiger partial charge in [-0.25, -0.2) is 8.42 Å². The standard InChI is InChI=1S/C18H28N2O4S/c1-14(2)13-19-18(21)15-8-9-16(24-3)17(12-15)25(22,23)20-10-6-4-5-7-11-20/h8-9,12,14H,4-7,10-11,13H2,1-3H3,(H,19,21). The molecule has 0 bridgehead atoms. The summed E-state index contributed by atoms with van der Waals surface area (Å²) in [5.74, 6) is 0.316. The molecule has 0 saturated carbocycles. The zero-order valence-electron chi connectivity index (χ0n) is 15.2. The first-order chi connectivity index (χ1) is 11.9. The lowest BCUT2D eigenvalue weighted by atomic mass is 10.2. The molecule has 0 aromatic heterocycles. The first-order valence-corrected chi connectivity index (χ1v) is 10.3. The minimum Gasteiger partial charge on any atom is -0.495 e. The average molecular weight is 368 g/mol. The number of rotatable bonds is 6. The van der Waals surface area contributed by atoms with Crippen LogP contribution in [0, 0.1) is 5.92 Å². The van der Waals surface area contributed by atoms with Crippen molar-refractivity contribution in [3.8, 4) is 5.75 Å². The van der Waals surface area contributed by atoms with Crippen LogP contribution in [0.3, 0.4) is 0 Å². The topological polar surface area (TPSA) is 75.7 Å². The van der Waals surface area contributed by atoms with E-state index in [2.05, 4.69) is 5.32 Å². The van der Waals surface area contributed by atoms with Crippen LogP contribution in [0.15, 0.2) is 23.1 Å². The first-order valence-electron chi connectivity index (χ1n) is 8.82. The molecule has 7 heteroatoms. The van der Waals surface area contributed by atoms with E-state index in [-0.39, 0.29) is 16.6 Å². The number of nitrogens with one attached hydrogen (secondary N) is 1. The molecule has 1 fully saturated rings. The van der Waals surface area contributed by atoms with Crippen LogP contribution in [0.25, 0.3) is 0 Å². The summed E-state index contributed by atoms with van der Waals surface area (Å²) in [7, 11) is -2.25. The number of carbonyl (C=O) groups is 1. The lowest BCUT2D eigenvalue weighted by Gasteiger charge is -2.21. The average Bonchev–Trinajstić information content (AvgIpc) is 2.89. The Morgan fingerprint density at radius 3 is 2.40 bits per heavy atom. The van der Waals surface area contributed by atoms with Gasteiger partial charge in [-0.3, -0.25) is 4.79 Å². The fraction of sp³-hybridized carbons (Fsp3) is 0.611. The van der Waals surface area contributed by atoms with Crippen molar-refractivity contribution in [3.05, 3.63) is 23.8 Å². The number of hydrogen-bond acceptors (Lipinski definition) is 4. The van der Waals surface area contributed by atoms with Crippen molar-refractivity contribution in [1.29, 1.82) is 0 Å². The summed E-state index contributed by atoms with van der Waals surface area (Å²) in [6, 6.07) is 4.57. The number of hydrogen-bond donors (Lipinski definition) is 1. The molecule has 1 aliphatic rings. The van der Waals surface area contributed by atoms with Crippen molar-refractivity contribution in [2.24, 2.45) is 5.92 Å². The molecule has 1 aliphatic heterocycles. The minimum atomic E-state index is -3.69. The molecule has 0 atom stereocenters. The predicted molar refractivity (Wildman–Crippen MR) is 97.4 cm³/mol. The third-order valence-corrected chi connectivity index (χ3v) is 6.20. The molecule has 1 saturated heterocycles. The third-order valence-electron chi connectivity index (χ3n) is 4.28. The second-order valence-corrected chi connectivity index (χ2v) is 8.69. The number of methoxy groups -OCH3 is 1. The number of ether oxygens (including phenoxy) is 1. The number of sulfonamides is 1. The summed E-state index contributed by atoms with van der Waals surface area (Å²) < 4.78 is 32.9. The maximum atomic E-state index is 13.1. The molecule has 2 rings (SSSR count). The monoisotopic (exact) mass is 368 g/mol. The van der Waals surface area contributed by atoms with Crippen molar-refractivity contribution >= 4 is 15.9 Å². The summed E-state index contributed by atoms with van der Waals surface area (Å²) >= 11 is 0. The Kier molecular flexibility index (Phi) is 6.84. The number of nitrogens with zero attached hydrogens (tertiary/aromatic N) is 1.